The van der Waals surface area contributed by atoms with Gasteiger partial charge in [-0.3, -0.25) is 4.68 Å². The Balaban J connectivity index is 2.50. The van der Waals surface area contributed by atoms with Gasteiger partial charge in [0.1, 0.15) is 0 Å². The normalized spacial score (nSPS) is 15.4. The van der Waals surface area contributed by atoms with Crippen molar-refractivity contribution in [3.63, 3.8) is 0 Å². The topological polar surface area (TPSA) is 50.1 Å². The van der Waals surface area contributed by atoms with Gasteiger partial charge >= 0.3 is 0 Å². The maximum Gasteiger partial charge on any atom is 0.0785 e. The van der Waals surface area contributed by atoms with Crippen molar-refractivity contribution in [1.82, 2.24) is 15.1 Å². The van der Waals surface area contributed by atoms with Gasteiger partial charge in [0.25, 0.3) is 0 Å². The second-order valence-corrected chi connectivity index (χ2v) is 5.13. The van der Waals surface area contributed by atoms with Crippen LogP contribution in [-0.4, -0.2) is 33.1 Å². The van der Waals surface area contributed by atoms with E-state index >= 15 is 0 Å². The molecule has 0 spiro atoms. The van der Waals surface area contributed by atoms with Crippen molar-refractivity contribution in [2.45, 2.75) is 45.3 Å². The van der Waals surface area contributed by atoms with Gasteiger partial charge in [-0.15, -0.1) is 0 Å². The van der Waals surface area contributed by atoms with Crippen LogP contribution in [0.3, 0.4) is 0 Å². The number of aryl methyl sites for hydroxylation is 1. The third-order valence-electron chi connectivity index (χ3n) is 2.48. The van der Waals surface area contributed by atoms with Crippen molar-refractivity contribution in [1.29, 1.82) is 0 Å². The quantitative estimate of drug-likeness (QED) is 0.802. The van der Waals surface area contributed by atoms with E-state index in [-0.39, 0.29) is 12.1 Å². The summed E-state index contributed by atoms with van der Waals surface area (Å²) in [7, 11) is 0. The number of aromatic nitrogens is 2. The van der Waals surface area contributed by atoms with Crippen LogP contribution in [0.5, 0.6) is 0 Å². The molecular formula is C11H20ClN3O. The van der Waals surface area contributed by atoms with Crippen LogP contribution in [0, 0.1) is 0 Å². The molecule has 0 amide bonds. The van der Waals surface area contributed by atoms with Crippen molar-refractivity contribution >= 4 is 11.6 Å². The molecule has 0 aliphatic rings. The first kappa shape index (κ1) is 13.5. The average molecular weight is 246 g/mol. The summed E-state index contributed by atoms with van der Waals surface area (Å²) < 4.78 is 1.79. The van der Waals surface area contributed by atoms with Gasteiger partial charge in [0.15, 0.2) is 0 Å². The van der Waals surface area contributed by atoms with E-state index < -0.39 is 0 Å². The molecule has 92 valence electrons. The highest BCUT2D eigenvalue weighted by Crippen LogP contribution is 2.13. The molecule has 0 saturated heterocycles. The minimum absolute atomic E-state index is 0.111. The summed E-state index contributed by atoms with van der Waals surface area (Å²) in [6, 6.07) is 0.346. The highest BCUT2D eigenvalue weighted by atomic mass is 35.5. The number of halogens is 1. The maximum absolute atomic E-state index is 9.40. The van der Waals surface area contributed by atoms with E-state index in [1.807, 2.05) is 6.92 Å². The fourth-order valence-electron chi connectivity index (χ4n) is 1.72. The molecule has 0 fully saturated rings. The van der Waals surface area contributed by atoms with Crippen LogP contribution in [0.25, 0.3) is 0 Å². The van der Waals surface area contributed by atoms with Crippen LogP contribution in [0.1, 0.15) is 27.2 Å². The summed E-state index contributed by atoms with van der Waals surface area (Å²) in [5.41, 5.74) is -0.271. The van der Waals surface area contributed by atoms with E-state index in [1.165, 1.54) is 0 Å². The van der Waals surface area contributed by atoms with Crippen molar-refractivity contribution in [3.8, 4) is 0 Å². The van der Waals surface area contributed by atoms with Gasteiger partial charge in [-0.05, 0) is 13.3 Å². The molecule has 1 unspecified atom stereocenters. The Morgan fingerprint density at radius 2 is 2.31 bits per heavy atom. The Bertz CT molecular complexity index is 327. The molecule has 1 aromatic heterocycles. The molecule has 1 heterocycles. The predicted octanol–water partition coefficient (Wildman–Crippen LogP) is 1.68. The molecule has 2 N–H and O–H groups in total. The summed E-state index contributed by atoms with van der Waals surface area (Å²) in [4.78, 5) is 0. The maximum atomic E-state index is 9.40. The molecule has 4 nitrogen and oxygen atoms in total. The predicted molar refractivity (Wildman–Crippen MR) is 65.6 cm³/mol. The molecule has 0 bridgehead atoms. The Labute approximate surface area is 102 Å². The van der Waals surface area contributed by atoms with Gasteiger partial charge in [-0.1, -0.05) is 25.4 Å². The molecule has 5 heteroatoms. The van der Waals surface area contributed by atoms with Gasteiger partial charge in [0, 0.05) is 24.3 Å². The van der Waals surface area contributed by atoms with Crippen molar-refractivity contribution in [3.05, 3.63) is 17.4 Å². The molecular weight excluding hydrogens is 226 g/mol. The van der Waals surface area contributed by atoms with E-state index in [4.69, 9.17) is 11.6 Å². The van der Waals surface area contributed by atoms with Crippen molar-refractivity contribution < 1.29 is 5.11 Å². The lowest BCUT2D eigenvalue weighted by Crippen LogP contribution is -2.49. The fraction of sp³-hybridized carbons (Fsp3) is 0.727. The van der Waals surface area contributed by atoms with E-state index in [0.29, 0.717) is 11.1 Å². The van der Waals surface area contributed by atoms with Crippen molar-refractivity contribution in [2.24, 2.45) is 0 Å². The zero-order valence-electron chi connectivity index (χ0n) is 10.1. The minimum atomic E-state index is -0.271. The van der Waals surface area contributed by atoms with Crippen LogP contribution >= 0.6 is 11.6 Å². The smallest absolute Gasteiger partial charge is 0.0785 e. The molecule has 0 aromatic carbocycles. The van der Waals surface area contributed by atoms with Crippen molar-refractivity contribution in [2.75, 3.05) is 6.61 Å². The van der Waals surface area contributed by atoms with E-state index in [0.717, 1.165) is 13.0 Å². The number of aliphatic hydroxyl groups excluding tert-OH is 1. The second kappa shape index (κ2) is 5.66. The lowest BCUT2D eigenvalue weighted by Gasteiger charge is -2.31. The first-order valence-electron chi connectivity index (χ1n) is 5.52. The third-order valence-corrected chi connectivity index (χ3v) is 2.68. The summed E-state index contributed by atoms with van der Waals surface area (Å²) >= 11 is 5.78. The highest BCUT2D eigenvalue weighted by molar-refractivity contribution is 6.30. The number of aliphatic hydroxyl groups is 1. The molecule has 0 radical (unpaired) electrons. The average Bonchev–Trinajstić information content (AvgIpc) is 2.60. The summed E-state index contributed by atoms with van der Waals surface area (Å²) in [6.45, 7) is 7.00. The van der Waals surface area contributed by atoms with Crippen LogP contribution in [-0.2, 0) is 6.54 Å². The van der Waals surface area contributed by atoms with Crippen LogP contribution in [0.4, 0.5) is 0 Å². The Hall–Kier alpha value is -0.580. The molecule has 1 aromatic rings. The summed E-state index contributed by atoms with van der Waals surface area (Å²) in [5, 5.41) is 17.5. The molecule has 0 aliphatic carbocycles. The van der Waals surface area contributed by atoms with Crippen LogP contribution in [0.2, 0.25) is 5.02 Å². The lowest BCUT2D eigenvalue weighted by molar-refractivity contribution is 0.151. The Kier molecular flexibility index (Phi) is 4.77. The first-order chi connectivity index (χ1) is 7.45. The van der Waals surface area contributed by atoms with Gasteiger partial charge in [-0.2, -0.15) is 5.10 Å². The second-order valence-electron chi connectivity index (χ2n) is 4.69. The fourth-order valence-corrected chi connectivity index (χ4v) is 1.87. The zero-order chi connectivity index (χ0) is 12.2. The van der Waals surface area contributed by atoms with Gasteiger partial charge in [-0.25, -0.2) is 0 Å². The van der Waals surface area contributed by atoms with E-state index in [1.54, 1.807) is 17.1 Å². The number of nitrogens with one attached hydrogen (secondary N) is 1. The minimum Gasteiger partial charge on any atom is -0.394 e. The van der Waals surface area contributed by atoms with Crippen LogP contribution < -0.4 is 5.32 Å². The standard InChI is InChI=1S/C11H20ClN3O/c1-9(2)14-11(3,8-16)4-5-15-7-10(12)6-13-15/h6-7,9,14,16H,4-5,8H2,1-3H3. The van der Waals surface area contributed by atoms with Gasteiger partial charge in [0.05, 0.1) is 17.8 Å². The largest absolute Gasteiger partial charge is 0.394 e. The molecule has 1 atom stereocenters. The Morgan fingerprint density at radius 1 is 1.62 bits per heavy atom. The molecule has 0 aliphatic heterocycles. The van der Waals surface area contributed by atoms with Gasteiger partial charge < -0.3 is 10.4 Å². The SMILES string of the molecule is CC(C)NC(C)(CO)CCn1cc(Cl)cn1. The molecule has 1 rings (SSSR count). The van der Waals surface area contributed by atoms with E-state index in [9.17, 15) is 5.11 Å². The Morgan fingerprint density at radius 3 is 2.75 bits per heavy atom. The van der Waals surface area contributed by atoms with Crippen LogP contribution in [0.15, 0.2) is 12.4 Å². The van der Waals surface area contributed by atoms with E-state index in [2.05, 4.69) is 24.3 Å². The number of rotatable bonds is 6. The zero-order valence-corrected chi connectivity index (χ0v) is 10.8. The number of hydrogen-bond donors (Lipinski definition) is 2. The number of hydrogen-bond acceptors (Lipinski definition) is 3. The monoisotopic (exact) mass is 245 g/mol. The first-order valence-corrected chi connectivity index (χ1v) is 5.89. The van der Waals surface area contributed by atoms with Gasteiger partial charge in [0.2, 0.25) is 0 Å². The lowest BCUT2D eigenvalue weighted by atomic mass is 9.98. The third kappa shape index (κ3) is 4.12. The summed E-state index contributed by atoms with van der Waals surface area (Å²) in [6.07, 6.45) is 4.21. The molecule has 16 heavy (non-hydrogen) atoms. The highest BCUT2D eigenvalue weighted by Gasteiger charge is 2.23. The molecule has 0 saturated carbocycles. The number of nitrogens with zero attached hydrogens (tertiary/aromatic N) is 2. The summed E-state index contributed by atoms with van der Waals surface area (Å²) in [5.74, 6) is 0.